The number of nitrogens with two attached hydrogens (primary N) is 3. The number of amides is 4. The molecule has 0 aromatic heterocycles. The van der Waals surface area contributed by atoms with Crippen molar-refractivity contribution >= 4 is 42.2 Å². The van der Waals surface area contributed by atoms with Gasteiger partial charge in [0.15, 0.2) is 0 Å². The molecule has 0 aromatic rings. The smallest absolute Gasteiger partial charge is 0.326 e. The topological polar surface area (TPSA) is 220 Å². The molecule has 0 saturated carbocycles. The summed E-state index contributed by atoms with van der Waals surface area (Å²) >= 11 is 3.98. The van der Waals surface area contributed by atoms with Crippen LogP contribution in [0.5, 0.6) is 0 Å². The Morgan fingerprint density at radius 2 is 1.42 bits per heavy atom. The molecule has 0 aliphatic carbocycles. The Bertz CT molecular complexity index is 677. The summed E-state index contributed by atoms with van der Waals surface area (Å²) in [5.74, 6) is -3.76. The Labute approximate surface area is 199 Å². The summed E-state index contributed by atoms with van der Waals surface area (Å²) in [4.78, 5) is 60.4. The van der Waals surface area contributed by atoms with Crippen LogP contribution in [0, 0.1) is 5.92 Å². The van der Waals surface area contributed by atoms with Gasteiger partial charge < -0.3 is 38.3 Å². The largest absolute Gasteiger partial charge is 0.480 e. The average molecular weight is 491 g/mol. The molecule has 190 valence electrons. The standard InChI is InChI=1S/C20H38N6O6S/c1-11(2)9-15(26-17(28)12(22)10-33)19(30)24-13(5-3-4-8-21)18(29)25-14(20(31)32)6-7-16(23)27/h11-15,33H,3-10,21-22H2,1-2H3,(H2,23,27)(H,24,30)(H,25,29)(H,26,28)(H,31,32). The maximum absolute atomic E-state index is 12.9. The van der Waals surface area contributed by atoms with Crippen molar-refractivity contribution < 1.29 is 29.1 Å². The summed E-state index contributed by atoms with van der Waals surface area (Å²) in [6, 6.07) is -4.26. The molecule has 13 heteroatoms. The van der Waals surface area contributed by atoms with Gasteiger partial charge >= 0.3 is 5.97 Å². The van der Waals surface area contributed by atoms with E-state index in [1.807, 2.05) is 13.8 Å². The first-order valence-electron chi connectivity index (χ1n) is 10.9. The summed E-state index contributed by atoms with van der Waals surface area (Å²) in [5.41, 5.74) is 16.2. The minimum Gasteiger partial charge on any atom is -0.480 e. The SMILES string of the molecule is CC(C)CC(NC(=O)C(N)CS)C(=O)NC(CCCCN)C(=O)NC(CCC(N)=O)C(=O)O. The van der Waals surface area contributed by atoms with Gasteiger partial charge in [0.05, 0.1) is 6.04 Å². The molecule has 4 atom stereocenters. The number of rotatable bonds is 17. The van der Waals surface area contributed by atoms with E-state index in [0.29, 0.717) is 25.8 Å². The van der Waals surface area contributed by atoms with E-state index >= 15 is 0 Å². The Morgan fingerprint density at radius 1 is 0.879 bits per heavy atom. The van der Waals surface area contributed by atoms with Crippen LogP contribution >= 0.6 is 12.6 Å². The van der Waals surface area contributed by atoms with Crippen LogP contribution in [-0.2, 0) is 24.0 Å². The van der Waals surface area contributed by atoms with Gasteiger partial charge in [-0.3, -0.25) is 19.2 Å². The molecule has 0 rings (SSSR count). The lowest BCUT2D eigenvalue weighted by molar-refractivity contribution is -0.142. The van der Waals surface area contributed by atoms with Crippen molar-refractivity contribution in [1.29, 1.82) is 0 Å². The first-order valence-corrected chi connectivity index (χ1v) is 11.5. The van der Waals surface area contributed by atoms with Crippen LogP contribution in [0.4, 0.5) is 0 Å². The molecule has 0 aliphatic rings. The molecular weight excluding hydrogens is 452 g/mol. The van der Waals surface area contributed by atoms with Gasteiger partial charge in [0.1, 0.15) is 18.1 Å². The number of hydrogen-bond acceptors (Lipinski definition) is 8. The number of nitrogens with one attached hydrogen (secondary N) is 3. The lowest BCUT2D eigenvalue weighted by Crippen LogP contribution is -2.57. The molecule has 4 unspecified atom stereocenters. The zero-order chi connectivity index (χ0) is 25.6. The Kier molecular flexibility index (Phi) is 15.1. The van der Waals surface area contributed by atoms with Gasteiger partial charge in [-0.2, -0.15) is 12.6 Å². The number of carboxylic acid groups (broad SMARTS) is 1. The zero-order valence-electron chi connectivity index (χ0n) is 19.2. The number of aliphatic carboxylic acids is 1. The third-order valence-corrected chi connectivity index (χ3v) is 5.14. The van der Waals surface area contributed by atoms with Crippen molar-refractivity contribution in [2.45, 2.75) is 76.5 Å². The second-order valence-corrected chi connectivity index (χ2v) is 8.59. The van der Waals surface area contributed by atoms with E-state index in [0.717, 1.165) is 0 Å². The Hall–Kier alpha value is -2.38. The first-order chi connectivity index (χ1) is 15.4. The third-order valence-electron chi connectivity index (χ3n) is 4.75. The zero-order valence-corrected chi connectivity index (χ0v) is 20.1. The highest BCUT2D eigenvalue weighted by atomic mass is 32.1. The van der Waals surface area contributed by atoms with Gasteiger partial charge in [0, 0.05) is 12.2 Å². The molecule has 12 nitrogen and oxygen atoms in total. The Balaban J connectivity index is 5.47. The van der Waals surface area contributed by atoms with E-state index in [1.165, 1.54) is 0 Å². The number of primary amides is 1. The van der Waals surface area contributed by atoms with Crippen LogP contribution in [0.3, 0.4) is 0 Å². The highest BCUT2D eigenvalue weighted by molar-refractivity contribution is 7.80. The fourth-order valence-electron chi connectivity index (χ4n) is 2.91. The molecule has 33 heavy (non-hydrogen) atoms. The van der Waals surface area contributed by atoms with Crippen LogP contribution in [0.15, 0.2) is 0 Å². The van der Waals surface area contributed by atoms with E-state index in [4.69, 9.17) is 17.2 Å². The normalized spacial score (nSPS) is 14.6. The number of hydrogen-bond donors (Lipinski definition) is 8. The molecule has 10 N–H and O–H groups in total. The van der Waals surface area contributed by atoms with E-state index in [-0.39, 0.29) is 30.9 Å². The monoisotopic (exact) mass is 490 g/mol. The number of carboxylic acids is 1. The van der Waals surface area contributed by atoms with Crippen molar-refractivity contribution in [3.8, 4) is 0 Å². The lowest BCUT2D eigenvalue weighted by atomic mass is 10.0. The van der Waals surface area contributed by atoms with Gasteiger partial charge in [0.25, 0.3) is 0 Å². The summed E-state index contributed by atoms with van der Waals surface area (Å²) in [6.45, 7) is 4.12. The van der Waals surface area contributed by atoms with Crippen molar-refractivity contribution in [3.05, 3.63) is 0 Å². The minimum atomic E-state index is -1.35. The fourth-order valence-corrected chi connectivity index (χ4v) is 3.08. The predicted octanol–water partition coefficient (Wildman–Crippen LogP) is -1.78. The maximum atomic E-state index is 12.9. The highest BCUT2D eigenvalue weighted by Gasteiger charge is 2.30. The molecule has 0 aliphatic heterocycles. The number of carbonyl (C=O) groups is 5. The van der Waals surface area contributed by atoms with Crippen LogP contribution < -0.4 is 33.2 Å². The molecule has 0 aromatic carbocycles. The molecule has 0 spiro atoms. The van der Waals surface area contributed by atoms with Crippen molar-refractivity contribution in [2.24, 2.45) is 23.1 Å². The summed E-state index contributed by atoms with van der Waals surface area (Å²) in [5, 5.41) is 16.9. The number of unbranched alkanes of at least 4 members (excludes halogenated alkanes) is 1. The average Bonchev–Trinajstić information content (AvgIpc) is 2.73. The second kappa shape index (κ2) is 16.3. The second-order valence-electron chi connectivity index (χ2n) is 8.23. The third kappa shape index (κ3) is 13.0. The molecule has 0 radical (unpaired) electrons. The Morgan fingerprint density at radius 3 is 1.91 bits per heavy atom. The summed E-state index contributed by atoms with van der Waals surface area (Å²) in [6.07, 6.45) is 1.18. The molecule has 4 amide bonds. The molecule has 0 fully saturated rings. The number of thiol groups is 1. The minimum absolute atomic E-state index is 0.0444. The van der Waals surface area contributed by atoms with Gasteiger partial charge in [-0.15, -0.1) is 0 Å². The van der Waals surface area contributed by atoms with Crippen molar-refractivity contribution in [2.75, 3.05) is 12.3 Å². The van der Waals surface area contributed by atoms with Crippen LogP contribution in [0.2, 0.25) is 0 Å². The first kappa shape index (κ1) is 30.6. The van der Waals surface area contributed by atoms with E-state index in [2.05, 4.69) is 28.6 Å². The summed E-state index contributed by atoms with van der Waals surface area (Å²) in [7, 11) is 0. The molecule has 0 saturated heterocycles. The van der Waals surface area contributed by atoms with Crippen molar-refractivity contribution in [1.82, 2.24) is 16.0 Å². The fraction of sp³-hybridized carbons (Fsp3) is 0.750. The predicted molar refractivity (Wildman–Crippen MR) is 126 cm³/mol. The molecule has 0 heterocycles. The van der Waals surface area contributed by atoms with Gasteiger partial charge in [-0.1, -0.05) is 13.8 Å². The van der Waals surface area contributed by atoms with Gasteiger partial charge in [-0.05, 0) is 44.6 Å². The van der Waals surface area contributed by atoms with Gasteiger partial charge in [-0.25, -0.2) is 4.79 Å². The maximum Gasteiger partial charge on any atom is 0.326 e. The number of carbonyl (C=O) groups excluding carboxylic acids is 4. The molecule has 0 bridgehead atoms. The van der Waals surface area contributed by atoms with Crippen LogP contribution in [0.1, 0.15) is 52.4 Å². The molecular formula is C20H38N6O6S. The summed E-state index contributed by atoms with van der Waals surface area (Å²) < 4.78 is 0. The van der Waals surface area contributed by atoms with Gasteiger partial charge in [0.2, 0.25) is 23.6 Å². The van der Waals surface area contributed by atoms with Crippen molar-refractivity contribution in [3.63, 3.8) is 0 Å². The lowest BCUT2D eigenvalue weighted by Gasteiger charge is -2.26. The highest BCUT2D eigenvalue weighted by Crippen LogP contribution is 2.09. The van der Waals surface area contributed by atoms with Crippen LogP contribution in [-0.4, -0.2) is 71.2 Å². The van der Waals surface area contributed by atoms with Crippen LogP contribution in [0.25, 0.3) is 0 Å². The van der Waals surface area contributed by atoms with E-state index < -0.39 is 53.8 Å². The van der Waals surface area contributed by atoms with E-state index in [9.17, 15) is 29.1 Å². The quantitative estimate of drug-likeness (QED) is 0.0858. The van der Waals surface area contributed by atoms with E-state index in [1.54, 1.807) is 0 Å².